The first kappa shape index (κ1) is 27.8. The minimum atomic E-state index is -1.04. The van der Waals surface area contributed by atoms with Gasteiger partial charge >= 0.3 is 0 Å². The molecule has 3 aromatic rings. The third kappa shape index (κ3) is 6.56. The van der Waals surface area contributed by atoms with Crippen molar-refractivity contribution in [3.8, 4) is 21.9 Å². The first-order valence-electron chi connectivity index (χ1n) is 10.0. The summed E-state index contributed by atoms with van der Waals surface area (Å²) in [6.45, 7) is 1.70. The van der Waals surface area contributed by atoms with E-state index in [1.165, 1.54) is 44.6 Å². The zero-order chi connectivity index (χ0) is 26.1. The molecule has 0 atom stereocenters. The molecule has 0 unspecified atom stereocenters. The fourth-order valence-corrected chi connectivity index (χ4v) is 4.39. The van der Waals surface area contributed by atoms with Crippen molar-refractivity contribution in [2.45, 2.75) is 13.5 Å². The Morgan fingerprint density at radius 2 is 1.86 bits per heavy atom. The number of ketones is 1. The van der Waals surface area contributed by atoms with Gasteiger partial charge in [-0.1, -0.05) is 11.6 Å². The lowest BCUT2D eigenvalue weighted by Gasteiger charge is -2.17. The number of nitrogens with zero attached hydrogens (tertiary/aromatic N) is 1. The SMILES string of the molecule is CC=O.COc1ccc(F)c(C(=O)c2ccc(-c3cc(Cl)c(OC)c(CN(N)/C=C\N)c3)s2)c1F. The molecule has 1 heterocycles. The van der Waals surface area contributed by atoms with Crippen LogP contribution in [0.1, 0.15) is 27.7 Å². The predicted octanol–water partition coefficient (Wildman–Crippen LogP) is 4.91. The predicted molar refractivity (Wildman–Crippen MR) is 132 cm³/mol. The van der Waals surface area contributed by atoms with Crippen LogP contribution in [0.25, 0.3) is 10.4 Å². The van der Waals surface area contributed by atoms with Crippen LogP contribution in [-0.4, -0.2) is 31.3 Å². The minimum Gasteiger partial charge on any atom is -0.495 e. The van der Waals surface area contributed by atoms with E-state index in [0.29, 0.717) is 26.8 Å². The Labute approximate surface area is 210 Å². The van der Waals surface area contributed by atoms with Crippen LogP contribution in [0.5, 0.6) is 11.5 Å². The molecule has 2 aromatic carbocycles. The molecule has 0 bridgehead atoms. The summed E-state index contributed by atoms with van der Waals surface area (Å²) in [4.78, 5) is 22.5. The second-order valence-electron chi connectivity index (χ2n) is 6.83. The van der Waals surface area contributed by atoms with Crippen molar-refractivity contribution in [2.24, 2.45) is 11.6 Å². The molecule has 0 aliphatic carbocycles. The molecule has 4 N–H and O–H groups in total. The molecule has 0 saturated heterocycles. The van der Waals surface area contributed by atoms with Gasteiger partial charge in [-0.05, 0) is 48.9 Å². The molecule has 7 nitrogen and oxygen atoms in total. The van der Waals surface area contributed by atoms with Crippen molar-refractivity contribution in [1.82, 2.24) is 5.01 Å². The summed E-state index contributed by atoms with van der Waals surface area (Å²) in [6, 6.07) is 8.79. The van der Waals surface area contributed by atoms with Gasteiger partial charge in [0, 0.05) is 22.8 Å². The number of ether oxygens (including phenoxy) is 2. The fourth-order valence-electron chi connectivity index (χ4n) is 3.14. The van der Waals surface area contributed by atoms with Gasteiger partial charge in [0.2, 0.25) is 5.78 Å². The summed E-state index contributed by atoms with van der Waals surface area (Å²) < 4.78 is 39.0. The lowest BCUT2D eigenvalue weighted by molar-refractivity contribution is -0.106. The standard InChI is InChI=1S/C22H20ClF2N3O3S.C2H4O/c1-30-16-4-3-15(24)19(20(16)25)21(29)18-6-5-17(32-18)12-9-13(11-28(27)8-7-26)22(31-2)14(23)10-12;1-2-3/h3-10H,11,26-27H2,1-2H3;2H,1H3/b8-7-;. The molecule has 1 aromatic heterocycles. The number of carbonyl (C=O) groups is 2. The molecule has 0 aliphatic rings. The van der Waals surface area contributed by atoms with Gasteiger partial charge < -0.3 is 25.0 Å². The highest BCUT2D eigenvalue weighted by atomic mass is 35.5. The molecule has 0 fully saturated rings. The van der Waals surface area contributed by atoms with Crippen LogP contribution >= 0.6 is 22.9 Å². The van der Waals surface area contributed by atoms with Crippen LogP contribution in [0.15, 0.2) is 48.8 Å². The maximum absolute atomic E-state index is 14.5. The average molecular weight is 524 g/mol. The summed E-state index contributed by atoms with van der Waals surface area (Å²) in [5.74, 6) is 3.33. The number of aldehydes is 1. The Bertz CT molecular complexity index is 1230. The van der Waals surface area contributed by atoms with E-state index >= 15 is 0 Å². The quantitative estimate of drug-likeness (QED) is 0.187. The third-order valence-electron chi connectivity index (χ3n) is 4.57. The molecule has 0 radical (unpaired) electrons. The molecular weight excluding hydrogens is 500 g/mol. The van der Waals surface area contributed by atoms with E-state index in [4.69, 9.17) is 37.4 Å². The Morgan fingerprint density at radius 3 is 2.46 bits per heavy atom. The largest absolute Gasteiger partial charge is 0.495 e. The third-order valence-corrected chi connectivity index (χ3v) is 5.99. The topological polar surface area (TPSA) is 108 Å². The van der Waals surface area contributed by atoms with E-state index < -0.39 is 23.0 Å². The summed E-state index contributed by atoms with van der Waals surface area (Å²) in [6.07, 6.45) is 3.53. The van der Waals surface area contributed by atoms with Crippen molar-refractivity contribution >= 4 is 35.0 Å². The minimum absolute atomic E-state index is 0.158. The molecule has 3 rings (SSSR count). The molecule has 0 saturated carbocycles. The van der Waals surface area contributed by atoms with Gasteiger partial charge in [0.25, 0.3) is 0 Å². The lowest BCUT2D eigenvalue weighted by atomic mass is 10.1. The van der Waals surface area contributed by atoms with Gasteiger partial charge in [0.1, 0.15) is 17.9 Å². The molecule has 0 aliphatic heterocycles. The molecule has 11 heteroatoms. The number of nitrogens with two attached hydrogens (primary N) is 2. The van der Waals surface area contributed by atoms with Gasteiger partial charge in [0.05, 0.1) is 36.2 Å². The van der Waals surface area contributed by atoms with E-state index in [1.54, 1.807) is 12.1 Å². The zero-order valence-electron chi connectivity index (χ0n) is 19.2. The maximum atomic E-state index is 14.5. The summed E-state index contributed by atoms with van der Waals surface area (Å²) in [5.41, 5.74) is 6.07. The van der Waals surface area contributed by atoms with Gasteiger partial charge in [-0.3, -0.25) is 4.79 Å². The number of hydrazine groups is 1. The normalized spacial score (nSPS) is 10.5. The highest BCUT2D eigenvalue weighted by Gasteiger charge is 2.24. The molecule has 0 amide bonds. The summed E-state index contributed by atoms with van der Waals surface area (Å²) in [7, 11) is 2.73. The molecule has 186 valence electrons. The van der Waals surface area contributed by atoms with Crippen LogP contribution in [0.2, 0.25) is 5.02 Å². The second-order valence-corrected chi connectivity index (χ2v) is 8.32. The number of hydrogen-bond donors (Lipinski definition) is 2. The molecular formula is C24H24ClF2N3O4S. The molecule has 35 heavy (non-hydrogen) atoms. The number of methoxy groups -OCH3 is 2. The van der Waals surface area contributed by atoms with E-state index in [-0.39, 0.29) is 17.2 Å². The first-order chi connectivity index (χ1) is 16.7. The Morgan fingerprint density at radius 1 is 1.17 bits per heavy atom. The van der Waals surface area contributed by atoms with Gasteiger partial charge in [-0.15, -0.1) is 11.3 Å². The van der Waals surface area contributed by atoms with Gasteiger partial charge in [-0.25, -0.2) is 14.6 Å². The number of hydrogen-bond acceptors (Lipinski definition) is 8. The number of benzene rings is 2. The fraction of sp³-hybridized carbons (Fsp3) is 0.167. The van der Waals surface area contributed by atoms with Crippen LogP contribution in [0.3, 0.4) is 0 Å². The average Bonchev–Trinajstić information content (AvgIpc) is 3.30. The van der Waals surface area contributed by atoms with Crippen molar-refractivity contribution < 1.29 is 27.8 Å². The number of thiophene rings is 1. The van der Waals surface area contributed by atoms with Crippen molar-refractivity contribution in [1.29, 1.82) is 0 Å². The Hall–Kier alpha value is -3.47. The summed E-state index contributed by atoms with van der Waals surface area (Å²) >= 11 is 7.46. The molecule has 0 spiro atoms. The van der Waals surface area contributed by atoms with Crippen LogP contribution in [0.4, 0.5) is 8.78 Å². The zero-order valence-corrected chi connectivity index (χ0v) is 20.8. The smallest absolute Gasteiger partial charge is 0.209 e. The van der Waals surface area contributed by atoms with Crippen LogP contribution in [0, 0.1) is 11.6 Å². The highest BCUT2D eigenvalue weighted by Crippen LogP contribution is 2.38. The van der Waals surface area contributed by atoms with Crippen molar-refractivity contribution in [3.63, 3.8) is 0 Å². The monoisotopic (exact) mass is 523 g/mol. The highest BCUT2D eigenvalue weighted by molar-refractivity contribution is 7.17. The number of carbonyl (C=O) groups excluding carboxylic acids is 2. The number of rotatable bonds is 8. The van der Waals surface area contributed by atoms with Gasteiger partial charge in [0.15, 0.2) is 11.6 Å². The van der Waals surface area contributed by atoms with Crippen LogP contribution < -0.4 is 21.1 Å². The van der Waals surface area contributed by atoms with Gasteiger partial charge in [-0.2, -0.15) is 0 Å². The summed E-state index contributed by atoms with van der Waals surface area (Å²) in [5, 5.41) is 1.70. The number of halogens is 3. The van der Waals surface area contributed by atoms with E-state index in [1.807, 2.05) is 6.07 Å². The van der Waals surface area contributed by atoms with E-state index in [2.05, 4.69) is 0 Å². The first-order valence-corrected chi connectivity index (χ1v) is 11.2. The Balaban J connectivity index is 0.00000137. The van der Waals surface area contributed by atoms with Crippen LogP contribution in [-0.2, 0) is 11.3 Å². The van der Waals surface area contributed by atoms with E-state index in [9.17, 15) is 13.6 Å². The van der Waals surface area contributed by atoms with Crippen molar-refractivity contribution in [2.75, 3.05) is 14.2 Å². The second kappa shape index (κ2) is 12.8. The van der Waals surface area contributed by atoms with E-state index in [0.717, 1.165) is 29.8 Å². The Kier molecular flexibility index (Phi) is 10.2. The lowest BCUT2D eigenvalue weighted by Crippen LogP contribution is -2.24. The maximum Gasteiger partial charge on any atom is 0.209 e. The van der Waals surface area contributed by atoms with Crippen molar-refractivity contribution in [3.05, 3.63) is 81.5 Å².